The van der Waals surface area contributed by atoms with Crippen LogP contribution < -0.4 is 14.9 Å². The summed E-state index contributed by atoms with van der Waals surface area (Å²) in [6.45, 7) is 3.66. The molecule has 2 rings (SSSR count). The molecule has 1 N–H and O–H groups in total. The van der Waals surface area contributed by atoms with E-state index in [4.69, 9.17) is 9.47 Å². The van der Waals surface area contributed by atoms with Crippen molar-refractivity contribution in [2.75, 3.05) is 12.5 Å². The van der Waals surface area contributed by atoms with Crippen LogP contribution in [0.2, 0.25) is 0 Å². The molecule has 22 heavy (non-hydrogen) atoms. The van der Waals surface area contributed by atoms with Crippen LogP contribution in [0.5, 0.6) is 11.5 Å². The van der Waals surface area contributed by atoms with Gasteiger partial charge in [0.2, 0.25) is 5.13 Å². The Hall–Kier alpha value is -2.41. The van der Waals surface area contributed by atoms with Crippen molar-refractivity contribution in [1.29, 1.82) is 0 Å². The molecular weight excluding hydrogens is 302 g/mol. The minimum atomic E-state index is -0.305. The van der Waals surface area contributed by atoms with Crippen LogP contribution >= 0.6 is 11.3 Å². The first-order valence-corrected chi connectivity index (χ1v) is 7.60. The maximum absolute atomic E-state index is 11.3. The van der Waals surface area contributed by atoms with Gasteiger partial charge in [0.1, 0.15) is 0 Å². The van der Waals surface area contributed by atoms with Gasteiger partial charge in [-0.05, 0) is 30.7 Å². The minimum absolute atomic E-state index is 0.305. The van der Waals surface area contributed by atoms with Gasteiger partial charge in [-0.15, -0.1) is 11.3 Å². The van der Waals surface area contributed by atoms with E-state index in [1.807, 2.05) is 12.3 Å². The normalized spacial score (nSPS) is 10.7. The lowest BCUT2D eigenvalue weighted by Crippen LogP contribution is -2.06. The van der Waals surface area contributed by atoms with Crippen LogP contribution in [0.25, 0.3) is 0 Å². The summed E-state index contributed by atoms with van der Waals surface area (Å²) >= 11 is 1.49. The molecule has 6 nitrogen and oxygen atoms in total. The molecule has 0 aliphatic carbocycles. The number of hydrogen-bond acceptors (Lipinski definition) is 7. The molecule has 7 heteroatoms. The number of benzene rings is 1. The lowest BCUT2D eigenvalue weighted by Gasteiger charge is -2.09. The molecule has 0 bridgehead atoms. The third kappa shape index (κ3) is 4.29. The number of methoxy groups -OCH3 is 1. The van der Waals surface area contributed by atoms with Crippen molar-refractivity contribution >= 4 is 28.7 Å². The molecule has 0 unspecified atom stereocenters. The molecule has 1 aromatic heterocycles. The van der Waals surface area contributed by atoms with E-state index in [1.165, 1.54) is 18.4 Å². The Bertz CT molecular complexity index is 682. The van der Waals surface area contributed by atoms with Gasteiger partial charge in [0, 0.05) is 11.8 Å². The van der Waals surface area contributed by atoms with Crippen molar-refractivity contribution in [1.82, 2.24) is 4.98 Å². The lowest BCUT2D eigenvalue weighted by molar-refractivity contribution is -0.134. The predicted octanol–water partition coefficient (Wildman–Crippen LogP) is 3.22. The largest absolute Gasteiger partial charge is 0.493 e. The summed E-state index contributed by atoms with van der Waals surface area (Å²) < 4.78 is 10.4. The number of anilines is 1. The molecule has 1 aromatic carbocycles. The highest BCUT2D eigenvalue weighted by atomic mass is 32.1. The van der Waals surface area contributed by atoms with Gasteiger partial charge in [0.25, 0.3) is 0 Å². The molecule has 0 aliphatic heterocycles. The number of aryl methyl sites for hydroxylation is 1. The topological polar surface area (TPSA) is 72.8 Å². The highest BCUT2D eigenvalue weighted by molar-refractivity contribution is 7.13. The molecule has 0 saturated carbocycles. The fourth-order valence-corrected chi connectivity index (χ4v) is 2.25. The van der Waals surface area contributed by atoms with Gasteiger partial charge in [0.05, 0.1) is 19.0 Å². The van der Waals surface area contributed by atoms with E-state index in [0.29, 0.717) is 17.9 Å². The van der Waals surface area contributed by atoms with Crippen molar-refractivity contribution < 1.29 is 14.3 Å². The van der Waals surface area contributed by atoms with Crippen LogP contribution in [0, 0.1) is 6.92 Å². The number of rotatable bonds is 6. The number of nitrogens with zero attached hydrogens (tertiary/aromatic N) is 2. The van der Waals surface area contributed by atoms with Gasteiger partial charge in [-0.3, -0.25) is 10.2 Å². The monoisotopic (exact) mass is 319 g/mol. The summed E-state index contributed by atoms with van der Waals surface area (Å²) in [5.74, 6) is 0.575. The van der Waals surface area contributed by atoms with E-state index < -0.39 is 0 Å². The van der Waals surface area contributed by atoms with Crippen molar-refractivity contribution in [3.63, 3.8) is 0 Å². The number of ether oxygens (including phenoxy) is 2. The zero-order valence-electron chi connectivity index (χ0n) is 12.6. The van der Waals surface area contributed by atoms with Crippen molar-refractivity contribution in [3.8, 4) is 11.5 Å². The summed E-state index contributed by atoms with van der Waals surface area (Å²) in [5, 5.41) is 6.79. The fourth-order valence-electron chi connectivity index (χ4n) is 1.61. The van der Waals surface area contributed by atoms with E-state index in [2.05, 4.69) is 15.5 Å². The van der Waals surface area contributed by atoms with Crippen LogP contribution in [0.4, 0.5) is 5.13 Å². The molecule has 0 fully saturated rings. The van der Waals surface area contributed by atoms with Gasteiger partial charge in [-0.25, -0.2) is 4.98 Å². The van der Waals surface area contributed by atoms with E-state index >= 15 is 0 Å². The first-order valence-electron chi connectivity index (χ1n) is 6.72. The number of aromatic nitrogens is 1. The van der Waals surface area contributed by atoms with Gasteiger partial charge in [-0.2, -0.15) is 5.10 Å². The Morgan fingerprint density at radius 3 is 2.91 bits per heavy atom. The Morgan fingerprint density at radius 1 is 1.45 bits per heavy atom. The van der Waals surface area contributed by atoms with E-state index in [-0.39, 0.29) is 5.97 Å². The fraction of sp³-hybridized carbons (Fsp3) is 0.267. The van der Waals surface area contributed by atoms with E-state index in [1.54, 1.807) is 31.3 Å². The molecule has 116 valence electrons. The summed E-state index contributed by atoms with van der Waals surface area (Å²) in [6, 6.07) is 5.22. The number of hydrogen-bond donors (Lipinski definition) is 1. The molecular formula is C15H17N3O3S. The van der Waals surface area contributed by atoms with Gasteiger partial charge >= 0.3 is 5.97 Å². The standard InChI is InChI=1S/C15H17N3O3S/c1-4-14(19)21-12-6-5-11(7-13(12)20-3)8-16-18-15-17-10(2)9-22-15/h5-9H,4H2,1-3H3,(H,17,18). The van der Waals surface area contributed by atoms with E-state index in [0.717, 1.165) is 16.4 Å². The van der Waals surface area contributed by atoms with Gasteiger partial charge in [0.15, 0.2) is 11.5 Å². The highest BCUT2D eigenvalue weighted by Crippen LogP contribution is 2.28. The molecule has 0 amide bonds. The second-order valence-corrected chi connectivity index (χ2v) is 5.26. The average Bonchev–Trinajstić information content (AvgIpc) is 2.93. The number of thiazole rings is 1. The first-order chi connectivity index (χ1) is 10.6. The molecule has 0 radical (unpaired) electrons. The van der Waals surface area contributed by atoms with E-state index in [9.17, 15) is 4.79 Å². The van der Waals surface area contributed by atoms with Crippen LogP contribution in [0.1, 0.15) is 24.6 Å². The Labute approximate surface area is 132 Å². The molecule has 0 atom stereocenters. The molecule has 0 aliphatic rings. The Balaban J connectivity index is 2.06. The van der Waals surface area contributed by atoms with Crippen LogP contribution in [0.3, 0.4) is 0 Å². The minimum Gasteiger partial charge on any atom is -0.493 e. The predicted molar refractivity (Wildman–Crippen MR) is 87.0 cm³/mol. The van der Waals surface area contributed by atoms with Gasteiger partial charge < -0.3 is 9.47 Å². The third-order valence-electron chi connectivity index (χ3n) is 2.69. The molecule has 0 spiro atoms. The van der Waals surface area contributed by atoms with Crippen molar-refractivity contribution in [2.45, 2.75) is 20.3 Å². The van der Waals surface area contributed by atoms with Crippen LogP contribution in [-0.2, 0) is 4.79 Å². The smallest absolute Gasteiger partial charge is 0.311 e. The molecule has 1 heterocycles. The Kier molecular flexibility index (Phi) is 5.48. The molecule has 0 saturated heterocycles. The summed E-state index contributed by atoms with van der Waals surface area (Å²) in [4.78, 5) is 15.6. The number of esters is 1. The second kappa shape index (κ2) is 7.56. The number of nitrogens with one attached hydrogen (secondary N) is 1. The zero-order valence-corrected chi connectivity index (χ0v) is 13.4. The number of carbonyl (C=O) groups excluding carboxylic acids is 1. The van der Waals surface area contributed by atoms with Gasteiger partial charge in [-0.1, -0.05) is 6.92 Å². The number of hydrazone groups is 1. The van der Waals surface area contributed by atoms with Crippen molar-refractivity contribution in [3.05, 3.63) is 34.8 Å². The average molecular weight is 319 g/mol. The first kappa shape index (κ1) is 16.0. The second-order valence-electron chi connectivity index (χ2n) is 4.40. The third-order valence-corrected chi connectivity index (χ3v) is 3.56. The van der Waals surface area contributed by atoms with Crippen LogP contribution in [0.15, 0.2) is 28.7 Å². The highest BCUT2D eigenvalue weighted by Gasteiger charge is 2.08. The van der Waals surface area contributed by atoms with Crippen LogP contribution in [-0.4, -0.2) is 24.3 Å². The van der Waals surface area contributed by atoms with Crippen molar-refractivity contribution in [2.24, 2.45) is 5.10 Å². The number of carbonyl (C=O) groups is 1. The summed E-state index contributed by atoms with van der Waals surface area (Å²) in [5.41, 5.74) is 4.62. The summed E-state index contributed by atoms with van der Waals surface area (Å²) in [7, 11) is 1.52. The SMILES string of the molecule is CCC(=O)Oc1ccc(C=NNc2nc(C)cs2)cc1OC. The molecule has 2 aromatic rings. The quantitative estimate of drug-likeness (QED) is 0.383. The summed E-state index contributed by atoms with van der Waals surface area (Å²) in [6.07, 6.45) is 1.95. The maximum atomic E-state index is 11.3. The maximum Gasteiger partial charge on any atom is 0.311 e. The zero-order chi connectivity index (χ0) is 15.9. The Morgan fingerprint density at radius 2 is 2.27 bits per heavy atom. The lowest BCUT2D eigenvalue weighted by atomic mass is 10.2.